The lowest BCUT2D eigenvalue weighted by atomic mass is 10.1. The molecule has 8 heteroatoms. The summed E-state index contributed by atoms with van der Waals surface area (Å²) >= 11 is 0. The van der Waals surface area contributed by atoms with Crippen molar-refractivity contribution < 1.29 is 27.8 Å². The fourth-order valence-electron chi connectivity index (χ4n) is 2.38. The third kappa shape index (κ3) is 2.90. The number of fused-ring (bicyclic) bond motifs is 1. The number of amides is 1. The first-order valence-electron chi connectivity index (χ1n) is 7.03. The minimum absolute atomic E-state index is 0.0879. The van der Waals surface area contributed by atoms with Crippen LogP contribution in [-0.4, -0.2) is 26.2 Å². The van der Waals surface area contributed by atoms with Crippen molar-refractivity contribution in [1.82, 2.24) is 0 Å². The highest BCUT2D eigenvalue weighted by molar-refractivity contribution is 6.00. The van der Waals surface area contributed by atoms with Crippen LogP contribution >= 0.6 is 0 Å². The van der Waals surface area contributed by atoms with Gasteiger partial charge in [0.2, 0.25) is 0 Å². The van der Waals surface area contributed by atoms with E-state index in [9.17, 15) is 13.6 Å². The van der Waals surface area contributed by atoms with Gasteiger partial charge in [0.05, 0.1) is 18.4 Å². The van der Waals surface area contributed by atoms with Crippen LogP contribution in [0, 0.1) is 11.6 Å². The van der Waals surface area contributed by atoms with Gasteiger partial charge in [0.1, 0.15) is 13.2 Å². The number of carbonyl (C=O) groups is 1. The molecule has 0 fully saturated rings. The largest absolute Gasteiger partial charge is 0.491 e. The fraction of sp³-hybridized carbons (Fsp3) is 0.188. The number of halogens is 2. The van der Waals surface area contributed by atoms with Crippen molar-refractivity contribution in [1.29, 1.82) is 0 Å². The normalized spacial score (nSPS) is 12.6. The highest BCUT2D eigenvalue weighted by Crippen LogP contribution is 2.37. The van der Waals surface area contributed by atoms with Crippen molar-refractivity contribution in [2.45, 2.75) is 0 Å². The van der Waals surface area contributed by atoms with Crippen molar-refractivity contribution in [2.24, 2.45) is 5.73 Å². The van der Waals surface area contributed by atoms with Crippen LogP contribution in [0.15, 0.2) is 24.3 Å². The maximum absolute atomic E-state index is 13.8. The lowest BCUT2D eigenvalue weighted by Crippen LogP contribution is -2.18. The molecule has 0 aliphatic carbocycles. The number of carbonyl (C=O) groups excluding carboxylic acids is 1. The molecule has 3 rings (SSSR count). The molecule has 126 valence electrons. The van der Waals surface area contributed by atoms with Crippen LogP contribution in [0.25, 0.3) is 0 Å². The predicted molar refractivity (Wildman–Crippen MR) is 82.1 cm³/mol. The van der Waals surface area contributed by atoms with Crippen molar-refractivity contribution in [3.63, 3.8) is 0 Å². The Morgan fingerprint density at radius 1 is 1.12 bits per heavy atom. The quantitative estimate of drug-likeness (QED) is 0.897. The number of hydrogen-bond acceptors (Lipinski definition) is 5. The molecule has 1 amide bonds. The standard InChI is InChI=1S/C16H14F2N2O4/c1-22-15-10(17)4-8(5-11(15)18)20-12-7-14-13(23-2-3-24-14)6-9(12)16(19)21/h4-7,20H,2-3H2,1H3,(H2,19,21). The third-order valence-corrected chi connectivity index (χ3v) is 3.43. The van der Waals surface area contributed by atoms with Gasteiger partial charge in [-0.3, -0.25) is 4.79 Å². The van der Waals surface area contributed by atoms with E-state index < -0.39 is 23.3 Å². The van der Waals surface area contributed by atoms with Crippen LogP contribution in [0.3, 0.4) is 0 Å². The van der Waals surface area contributed by atoms with E-state index in [1.54, 1.807) is 0 Å². The molecule has 24 heavy (non-hydrogen) atoms. The zero-order valence-corrected chi connectivity index (χ0v) is 12.7. The van der Waals surface area contributed by atoms with Gasteiger partial charge in [-0.05, 0) is 6.07 Å². The van der Waals surface area contributed by atoms with E-state index >= 15 is 0 Å². The average molecular weight is 336 g/mol. The predicted octanol–water partition coefficient (Wildman–Crippen LogP) is 2.59. The van der Waals surface area contributed by atoms with Gasteiger partial charge in [-0.1, -0.05) is 0 Å². The van der Waals surface area contributed by atoms with Crippen molar-refractivity contribution in [3.8, 4) is 17.2 Å². The van der Waals surface area contributed by atoms with Gasteiger partial charge in [-0.15, -0.1) is 0 Å². The molecule has 1 aliphatic heterocycles. The number of ether oxygens (including phenoxy) is 3. The summed E-state index contributed by atoms with van der Waals surface area (Å²) in [7, 11) is 1.17. The Morgan fingerprint density at radius 2 is 1.71 bits per heavy atom. The third-order valence-electron chi connectivity index (χ3n) is 3.43. The maximum atomic E-state index is 13.8. The van der Waals surface area contributed by atoms with E-state index in [-0.39, 0.29) is 16.9 Å². The summed E-state index contributed by atoms with van der Waals surface area (Å²) in [6.07, 6.45) is 0. The first-order valence-corrected chi connectivity index (χ1v) is 7.03. The molecule has 0 saturated heterocycles. The fourth-order valence-corrected chi connectivity index (χ4v) is 2.38. The summed E-state index contributed by atoms with van der Waals surface area (Å²) in [4.78, 5) is 11.6. The number of nitrogens with one attached hydrogen (secondary N) is 1. The van der Waals surface area contributed by atoms with Crippen molar-refractivity contribution >= 4 is 17.3 Å². The molecule has 2 aromatic carbocycles. The Morgan fingerprint density at radius 3 is 2.25 bits per heavy atom. The van der Waals surface area contributed by atoms with Gasteiger partial charge in [0.25, 0.3) is 5.91 Å². The van der Waals surface area contributed by atoms with Crippen LogP contribution < -0.4 is 25.3 Å². The number of anilines is 2. The van der Waals surface area contributed by atoms with Gasteiger partial charge >= 0.3 is 0 Å². The van der Waals surface area contributed by atoms with Crippen LogP contribution in [0.1, 0.15) is 10.4 Å². The number of methoxy groups -OCH3 is 1. The molecule has 3 N–H and O–H groups in total. The van der Waals surface area contributed by atoms with Gasteiger partial charge < -0.3 is 25.3 Å². The number of nitrogens with two attached hydrogens (primary N) is 1. The molecular weight excluding hydrogens is 322 g/mol. The summed E-state index contributed by atoms with van der Waals surface area (Å²) in [6, 6.07) is 5.01. The summed E-state index contributed by atoms with van der Waals surface area (Å²) in [5.41, 5.74) is 5.80. The summed E-state index contributed by atoms with van der Waals surface area (Å²) in [5.74, 6) is -2.17. The zero-order chi connectivity index (χ0) is 17.3. The highest BCUT2D eigenvalue weighted by atomic mass is 19.1. The zero-order valence-electron chi connectivity index (χ0n) is 12.7. The Labute approximate surface area is 136 Å². The topological polar surface area (TPSA) is 82.8 Å². The first-order chi connectivity index (χ1) is 11.5. The molecule has 6 nitrogen and oxygen atoms in total. The minimum atomic E-state index is -0.877. The Hall–Kier alpha value is -3.03. The molecule has 0 spiro atoms. The van der Waals surface area contributed by atoms with Crippen molar-refractivity contribution in [3.05, 3.63) is 41.5 Å². The van der Waals surface area contributed by atoms with E-state index in [1.165, 1.54) is 19.2 Å². The smallest absolute Gasteiger partial charge is 0.250 e. The molecule has 0 bridgehead atoms. The number of benzene rings is 2. The SMILES string of the molecule is COc1c(F)cc(Nc2cc3c(cc2C(N)=O)OCCO3)cc1F. The minimum Gasteiger partial charge on any atom is -0.491 e. The second-order valence-corrected chi connectivity index (χ2v) is 5.00. The number of primary amides is 1. The molecular formula is C16H14F2N2O4. The Balaban J connectivity index is 2.01. The molecule has 2 aromatic rings. The van der Waals surface area contributed by atoms with Gasteiger partial charge in [0, 0.05) is 23.9 Å². The summed E-state index contributed by atoms with van der Waals surface area (Å²) in [5, 5.41) is 2.77. The Bertz CT molecular complexity index is 788. The van der Waals surface area contributed by atoms with Gasteiger partial charge in [-0.25, -0.2) is 8.78 Å². The van der Waals surface area contributed by atoms with Gasteiger partial charge in [0.15, 0.2) is 28.9 Å². The van der Waals surface area contributed by atoms with Crippen molar-refractivity contribution in [2.75, 3.05) is 25.6 Å². The summed E-state index contributed by atoms with van der Waals surface area (Å²) in [6.45, 7) is 0.709. The van der Waals surface area contributed by atoms with Crippen LogP contribution in [0.5, 0.6) is 17.2 Å². The second kappa shape index (κ2) is 6.23. The second-order valence-electron chi connectivity index (χ2n) is 5.00. The van der Waals surface area contributed by atoms with E-state index in [1.807, 2.05) is 0 Å². The van der Waals surface area contributed by atoms with E-state index in [2.05, 4.69) is 10.1 Å². The number of rotatable bonds is 4. The highest BCUT2D eigenvalue weighted by Gasteiger charge is 2.19. The van der Waals surface area contributed by atoms with E-state index in [4.69, 9.17) is 15.2 Å². The molecule has 0 unspecified atom stereocenters. The molecule has 0 aromatic heterocycles. The van der Waals surface area contributed by atoms with Crippen LogP contribution in [0.4, 0.5) is 20.2 Å². The average Bonchev–Trinajstić information content (AvgIpc) is 2.53. The molecule has 0 radical (unpaired) electrons. The lowest BCUT2D eigenvalue weighted by molar-refractivity contribution is 0.1000. The van der Waals surface area contributed by atoms with Crippen LogP contribution in [0.2, 0.25) is 0 Å². The Kier molecular flexibility index (Phi) is 4.11. The number of hydrogen-bond donors (Lipinski definition) is 2. The molecule has 0 atom stereocenters. The monoisotopic (exact) mass is 336 g/mol. The van der Waals surface area contributed by atoms with Crippen LogP contribution in [-0.2, 0) is 0 Å². The lowest BCUT2D eigenvalue weighted by Gasteiger charge is -2.21. The molecule has 1 heterocycles. The molecule has 1 aliphatic rings. The van der Waals surface area contributed by atoms with E-state index in [0.717, 1.165) is 12.1 Å². The summed E-state index contributed by atoms with van der Waals surface area (Å²) < 4.78 is 43.1. The maximum Gasteiger partial charge on any atom is 0.250 e. The van der Waals surface area contributed by atoms with E-state index in [0.29, 0.717) is 24.7 Å². The van der Waals surface area contributed by atoms with Gasteiger partial charge in [-0.2, -0.15) is 0 Å². The molecule has 0 saturated carbocycles. The first kappa shape index (κ1) is 15.9.